The molecule has 0 bridgehead atoms. The van der Waals surface area contributed by atoms with Crippen molar-refractivity contribution in [1.82, 2.24) is 19.7 Å². The Balaban J connectivity index is 1.41. The number of carbonyl (C=O) groups excluding carboxylic acids is 1. The SMILES string of the molecule is Cc1cc(Nc2ncc(C)c(N3CC(C)(NC(=O)[C@@H]4CC4(F)F)C3)n2)sn1. The zero-order valence-electron chi connectivity index (χ0n) is 15.2. The molecule has 1 saturated heterocycles. The van der Waals surface area contributed by atoms with Crippen LogP contribution < -0.4 is 15.5 Å². The quantitative estimate of drug-likeness (QED) is 0.811. The molecule has 1 aliphatic carbocycles. The highest BCUT2D eigenvalue weighted by Gasteiger charge is 2.62. The largest absolute Gasteiger partial charge is 0.351 e. The predicted molar refractivity (Wildman–Crippen MR) is 98.7 cm³/mol. The maximum atomic E-state index is 13.1. The van der Waals surface area contributed by atoms with Gasteiger partial charge in [-0.3, -0.25) is 4.79 Å². The van der Waals surface area contributed by atoms with Crippen molar-refractivity contribution in [3.8, 4) is 0 Å². The highest BCUT2D eigenvalue weighted by Crippen LogP contribution is 2.49. The fourth-order valence-electron chi connectivity index (χ4n) is 3.25. The summed E-state index contributed by atoms with van der Waals surface area (Å²) in [6, 6.07) is 1.91. The number of aromatic nitrogens is 3. The molecule has 0 radical (unpaired) electrons. The summed E-state index contributed by atoms with van der Waals surface area (Å²) in [6.45, 7) is 6.70. The van der Waals surface area contributed by atoms with Gasteiger partial charge in [-0.1, -0.05) is 0 Å². The second-order valence-electron chi connectivity index (χ2n) is 7.58. The average molecular weight is 394 g/mol. The van der Waals surface area contributed by atoms with Crippen molar-refractivity contribution in [2.45, 2.75) is 38.7 Å². The van der Waals surface area contributed by atoms with Gasteiger partial charge in [-0.25, -0.2) is 13.8 Å². The van der Waals surface area contributed by atoms with Crippen LogP contribution in [-0.2, 0) is 4.79 Å². The number of aryl methyl sites for hydroxylation is 2. The molecule has 0 spiro atoms. The molecule has 0 unspecified atom stereocenters. The third-order valence-electron chi connectivity index (χ3n) is 4.75. The van der Waals surface area contributed by atoms with Crippen molar-refractivity contribution in [3.63, 3.8) is 0 Å². The van der Waals surface area contributed by atoms with Crippen molar-refractivity contribution in [2.24, 2.45) is 5.92 Å². The summed E-state index contributed by atoms with van der Waals surface area (Å²) in [6.07, 6.45) is 1.38. The summed E-state index contributed by atoms with van der Waals surface area (Å²) in [4.78, 5) is 22.8. The molecule has 2 aromatic rings. The van der Waals surface area contributed by atoms with Gasteiger partial charge in [0.1, 0.15) is 16.7 Å². The van der Waals surface area contributed by atoms with E-state index in [0.717, 1.165) is 22.1 Å². The number of hydrogen-bond acceptors (Lipinski definition) is 7. The van der Waals surface area contributed by atoms with Gasteiger partial charge in [0.25, 0.3) is 5.92 Å². The standard InChI is InChI=1S/C17H20F2N6OS/c1-9-6-20-15(21-12-4-10(2)24-27-12)22-13(9)25-7-16(3,8-25)23-14(26)11-5-17(11,18)19/h4,6,11H,5,7-8H2,1-3H3,(H,23,26)(H,20,21,22)/t11-/m0/s1. The number of amides is 1. The number of nitrogens with one attached hydrogen (secondary N) is 2. The Kier molecular flexibility index (Phi) is 4.06. The minimum atomic E-state index is -2.84. The van der Waals surface area contributed by atoms with Gasteiger partial charge < -0.3 is 15.5 Å². The monoisotopic (exact) mass is 394 g/mol. The van der Waals surface area contributed by atoms with Crippen molar-refractivity contribution in [1.29, 1.82) is 0 Å². The minimum absolute atomic E-state index is 0.351. The molecule has 3 heterocycles. The Morgan fingerprint density at radius 2 is 2.07 bits per heavy atom. The molecule has 1 aliphatic heterocycles. The normalized spacial score (nSPS) is 22.1. The first kappa shape index (κ1) is 18.0. The van der Waals surface area contributed by atoms with E-state index < -0.39 is 23.3 Å². The number of nitrogens with zero attached hydrogens (tertiary/aromatic N) is 4. The van der Waals surface area contributed by atoms with Crippen LogP contribution in [0.25, 0.3) is 0 Å². The van der Waals surface area contributed by atoms with Gasteiger partial charge in [-0.2, -0.15) is 9.36 Å². The van der Waals surface area contributed by atoms with E-state index in [1.54, 1.807) is 6.20 Å². The minimum Gasteiger partial charge on any atom is -0.351 e. The van der Waals surface area contributed by atoms with Crippen molar-refractivity contribution >= 4 is 34.2 Å². The molecule has 4 rings (SSSR count). The van der Waals surface area contributed by atoms with E-state index in [9.17, 15) is 13.6 Å². The number of anilines is 3. The summed E-state index contributed by atoms with van der Waals surface area (Å²) in [5.74, 6) is -3.36. The fourth-order valence-corrected chi connectivity index (χ4v) is 3.91. The molecule has 1 saturated carbocycles. The Morgan fingerprint density at radius 3 is 2.67 bits per heavy atom. The zero-order valence-corrected chi connectivity index (χ0v) is 16.0. The first-order valence-corrected chi connectivity index (χ1v) is 9.41. The van der Waals surface area contributed by atoms with Crippen LogP contribution in [-0.4, -0.2) is 44.8 Å². The lowest BCUT2D eigenvalue weighted by molar-refractivity contribution is -0.126. The molecule has 2 N–H and O–H groups in total. The first-order valence-electron chi connectivity index (χ1n) is 8.64. The highest BCUT2D eigenvalue weighted by molar-refractivity contribution is 7.10. The molecule has 2 fully saturated rings. The lowest BCUT2D eigenvalue weighted by Crippen LogP contribution is -2.69. The number of alkyl halides is 2. The maximum absolute atomic E-state index is 13.1. The van der Waals surface area contributed by atoms with E-state index >= 15 is 0 Å². The molecule has 7 nitrogen and oxygen atoms in total. The molecule has 1 atom stereocenters. The van der Waals surface area contributed by atoms with Crippen molar-refractivity contribution in [2.75, 3.05) is 23.3 Å². The second kappa shape index (κ2) is 6.08. The number of rotatable bonds is 5. The van der Waals surface area contributed by atoms with Gasteiger partial charge in [-0.15, -0.1) is 0 Å². The number of hydrogen-bond donors (Lipinski definition) is 2. The Bertz CT molecular complexity index is 895. The summed E-state index contributed by atoms with van der Waals surface area (Å²) >= 11 is 1.33. The van der Waals surface area contributed by atoms with Gasteiger partial charge in [0.05, 0.1) is 11.2 Å². The van der Waals surface area contributed by atoms with Crippen LogP contribution in [0.1, 0.15) is 24.6 Å². The molecular weight excluding hydrogens is 374 g/mol. The lowest BCUT2D eigenvalue weighted by Gasteiger charge is -2.49. The molecule has 27 heavy (non-hydrogen) atoms. The van der Waals surface area contributed by atoms with E-state index in [1.807, 2.05) is 31.7 Å². The van der Waals surface area contributed by atoms with Gasteiger partial charge >= 0.3 is 0 Å². The third kappa shape index (κ3) is 3.58. The van der Waals surface area contributed by atoms with Gasteiger partial charge in [0.15, 0.2) is 0 Å². The lowest BCUT2D eigenvalue weighted by atomic mass is 9.91. The molecule has 10 heteroatoms. The van der Waals surface area contributed by atoms with E-state index in [-0.39, 0.29) is 6.42 Å². The molecular formula is C17H20F2N6OS. The van der Waals surface area contributed by atoms with E-state index in [0.29, 0.717) is 19.0 Å². The Morgan fingerprint density at radius 1 is 1.37 bits per heavy atom. The predicted octanol–water partition coefficient (Wildman–Crippen LogP) is 2.64. The third-order valence-corrected chi connectivity index (χ3v) is 5.55. The number of carbonyl (C=O) groups is 1. The van der Waals surface area contributed by atoms with Crippen LogP contribution in [0.2, 0.25) is 0 Å². The Labute approximate surface area is 159 Å². The average Bonchev–Trinajstić information content (AvgIpc) is 3.01. The van der Waals surface area contributed by atoms with Gasteiger partial charge in [0, 0.05) is 31.3 Å². The summed E-state index contributed by atoms with van der Waals surface area (Å²) in [7, 11) is 0. The van der Waals surface area contributed by atoms with Crippen LogP contribution in [0.15, 0.2) is 12.3 Å². The van der Waals surface area contributed by atoms with Crippen LogP contribution >= 0.6 is 11.5 Å². The smallest absolute Gasteiger partial charge is 0.260 e. The van der Waals surface area contributed by atoms with Crippen LogP contribution in [0.5, 0.6) is 0 Å². The topological polar surface area (TPSA) is 83.0 Å². The van der Waals surface area contributed by atoms with Crippen LogP contribution in [0.3, 0.4) is 0 Å². The van der Waals surface area contributed by atoms with Crippen molar-refractivity contribution < 1.29 is 13.6 Å². The number of halogens is 2. The summed E-state index contributed by atoms with van der Waals surface area (Å²) in [5, 5.41) is 6.75. The summed E-state index contributed by atoms with van der Waals surface area (Å²) < 4.78 is 30.3. The highest BCUT2D eigenvalue weighted by atomic mass is 32.1. The van der Waals surface area contributed by atoms with Gasteiger partial charge in [0.2, 0.25) is 11.9 Å². The molecule has 144 valence electrons. The second-order valence-corrected chi connectivity index (χ2v) is 8.39. The van der Waals surface area contributed by atoms with Crippen LogP contribution in [0, 0.1) is 19.8 Å². The maximum Gasteiger partial charge on any atom is 0.260 e. The van der Waals surface area contributed by atoms with Crippen LogP contribution in [0.4, 0.5) is 25.5 Å². The summed E-state index contributed by atoms with van der Waals surface area (Å²) in [5.41, 5.74) is 1.30. The molecule has 2 aromatic heterocycles. The van der Waals surface area contributed by atoms with Gasteiger partial charge in [-0.05, 0) is 38.4 Å². The molecule has 2 aliphatic rings. The molecule has 0 aromatic carbocycles. The van der Waals surface area contributed by atoms with E-state index in [2.05, 4.69) is 25.0 Å². The van der Waals surface area contributed by atoms with E-state index in [1.165, 1.54) is 11.5 Å². The van der Waals surface area contributed by atoms with E-state index in [4.69, 9.17) is 0 Å². The van der Waals surface area contributed by atoms with Crippen molar-refractivity contribution in [3.05, 3.63) is 23.5 Å². The zero-order chi connectivity index (χ0) is 19.4. The fraction of sp³-hybridized carbons (Fsp3) is 0.529. The first-order chi connectivity index (χ1) is 12.7. The Hall–Kier alpha value is -2.36. The molecule has 1 amide bonds.